The molecule has 0 N–H and O–H groups in total. The Morgan fingerprint density at radius 2 is 1.79 bits per heavy atom. The largest absolute Gasteiger partial charge is 0.514 e. The van der Waals surface area contributed by atoms with Crippen molar-refractivity contribution in [2.24, 2.45) is 4.99 Å². The highest BCUT2D eigenvalue weighted by Gasteiger charge is 2.24. The normalized spacial score (nSPS) is 15.0. The Morgan fingerprint density at radius 3 is 2.45 bits per heavy atom. The van der Waals surface area contributed by atoms with Crippen LogP contribution in [0.15, 0.2) is 59.2 Å². The van der Waals surface area contributed by atoms with Gasteiger partial charge in [0.05, 0.1) is 7.11 Å². The summed E-state index contributed by atoms with van der Waals surface area (Å²) in [5.74, 6) is 0.214. The SMILES string of the molecule is COc1cc(/C=C2\N=C(c3ccccc3)OC2=O)ccc1OC(=O)OC(C)(C)C. The molecule has 3 rings (SSSR count). The Morgan fingerprint density at radius 1 is 1.07 bits per heavy atom. The van der Waals surface area contributed by atoms with Crippen molar-refractivity contribution >= 4 is 24.1 Å². The first-order valence-electron chi connectivity index (χ1n) is 8.92. The molecule has 0 aliphatic carbocycles. The molecule has 0 saturated heterocycles. The predicted molar refractivity (Wildman–Crippen MR) is 107 cm³/mol. The fraction of sp³-hybridized carbons (Fsp3) is 0.227. The molecule has 7 heteroatoms. The van der Waals surface area contributed by atoms with Gasteiger partial charge in [0, 0.05) is 5.56 Å². The molecule has 1 heterocycles. The van der Waals surface area contributed by atoms with E-state index in [1.807, 2.05) is 18.2 Å². The molecular formula is C22H21NO6. The fourth-order valence-electron chi connectivity index (χ4n) is 2.49. The maximum absolute atomic E-state index is 12.1. The Hall–Kier alpha value is -3.61. The number of methoxy groups -OCH3 is 1. The molecule has 1 aliphatic rings. The van der Waals surface area contributed by atoms with Crippen LogP contribution in [0.1, 0.15) is 31.9 Å². The van der Waals surface area contributed by atoms with Crippen molar-refractivity contribution in [1.29, 1.82) is 0 Å². The number of cyclic esters (lactones) is 1. The van der Waals surface area contributed by atoms with Crippen LogP contribution >= 0.6 is 0 Å². The van der Waals surface area contributed by atoms with Gasteiger partial charge in [0.15, 0.2) is 17.2 Å². The van der Waals surface area contributed by atoms with Crippen molar-refractivity contribution in [3.05, 3.63) is 65.4 Å². The summed E-state index contributed by atoms with van der Waals surface area (Å²) in [4.78, 5) is 28.3. The van der Waals surface area contributed by atoms with Gasteiger partial charge in [0.1, 0.15) is 5.60 Å². The molecule has 0 bridgehead atoms. The minimum Gasteiger partial charge on any atom is -0.493 e. The number of aliphatic imine (C=N–C) groups is 1. The second kappa shape index (κ2) is 8.18. The monoisotopic (exact) mass is 395 g/mol. The zero-order valence-corrected chi connectivity index (χ0v) is 16.6. The van der Waals surface area contributed by atoms with Gasteiger partial charge >= 0.3 is 12.1 Å². The molecule has 29 heavy (non-hydrogen) atoms. The number of rotatable bonds is 4. The summed E-state index contributed by atoms with van der Waals surface area (Å²) in [5.41, 5.74) is 0.824. The van der Waals surface area contributed by atoms with Gasteiger partial charge in [-0.1, -0.05) is 24.3 Å². The smallest absolute Gasteiger partial charge is 0.493 e. The Kier molecular flexibility index (Phi) is 5.68. The van der Waals surface area contributed by atoms with Crippen LogP contribution in [0.5, 0.6) is 11.5 Å². The van der Waals surface area contributed by atoms with Crippen molar-refractivity contribution < 1.29 is 28.5 Å². The molecule has 1 aliphatic heterocycles. The van der Waals surface area contributed by atoms with Gasteiger partial charge in [0.2, 0.25) is 5.90 Å². The molecule has 7 nitrogen and oxygen atoms in total. The zero-order valence-electron chi connectivity index (χ0n) is 16.6. The first kappa shape index (κ1) is 20.1. The number of ether oxygens (including phenoxy) is 4. The van der Waals surface area contributed by atoms with Crippen LogP contribution in [0.4, 0.5) is 4.79 Å². The highest BCUT2D eigenvalue weighted by Crippen LogP contribution is 2.30. The summed E-state index contributed by atoms with van der Waals surface area (Å²) in [6.07, 6.45) is 0.733. The van der Waals surface area contributed by atoms with Gasteiger partial charge < -0.3 is 18.9 Å². The first-order valence-corrected chi connectivity index (χ1v) is 8.92. The molecule has 0 aromatic heterocycles. The van der Waals surface area contributed by atoms with Crippen LogP contribution in [-0.2, 0) is 14.3 Å². The number of nitrogens with zero attached hydrogens (tertiary/aromatic N) is 1. The standard InChI is InChI=1S/C22H21NO6/c1-22(2,3)29-21(25)27-17-11-10-14(13-18(17)26-4)12-16-20(24)28-19(23-16)15-8-6-5-7-9-15/h5-13H,1-4H3/b16-12-. The minimum absolute atomic E-state index is 0.159. The number of carbonyl (C=O) groups is 2. The third-order valence-corrected chi connectivity index (χ3v) is 3.72. The molecule has 2 aromatic rings. The van der Waals surface area contributed by atoms with Gasteiger partial charge in [-0.25, -0.2) is 14.6 Å². The molecule has 0 saturated carbocycles. The van der Waals surface area contributed by atoms with E-state index in [-0.39, 0.29) is 17.3 Å². The van der Waals surface area contributed by atoms with Crippen LogP contribution in [0.2, 0.25) is 0 Å². The molecule has 150 valence electrons. The number of hydrogen-bond donors (Lipinski definition) is 0. The van der Waals surface area contributed by atoms with E-state index < -0.39 is 17.7 Å². The summed E-state index contributed by atoms with van der Waals surface area (Å²) >= 11 is 0. The van der Waals surface area contributed by atoms with E-state index >= 15 is 0 Å². The van der Waals surface area contributed by atoms with E-state index in [1.54, 1.807) is 57.2 Å². The van der Waals surface area contributed by atoms with Crippen LogP contribution < -0.4 is 9.47 Å². The maximum Gasteiger partial charge on any atom is 0.514 e. The Labute approximate surface area is 168 Å². The average molecular weight is 395 g/mol. The molecule has 0 fully saturated rings. The lowest BCUT2D eigenvalue weighted by molar-refractivity contribution is -0.129. The van der Waals surface area contributed by atoms with E-state index in [0.717, 1.165) is 0 Å². The second-order valence-electron chi connectivity index (χ2n) is 7.18. The summed E-state index contributed by atoms with van der Waals surface area (Å²) in [7, 11) is 1.45. The minimum atomic E-state index is -0.835. The lowest BCUT2D eigenvalue weighted by Gasteiger charge is -2.19. The molecule has 0 atom stereocenters. The summed E-state index contributed by atoms with van der Waals surface area (Å²) in [6.45, 7) is 5.23. The molecule has 2 aromatic carbocycles. The number of hydrogen-bond acceptors (Lipinski definition) is 7. The maximum atomic E-state index is 12.1. The van der Waals surface area contributed by atoms with E-state index in [1.165, 1.54) is 7.11 Å². The number of benzene rings is 2. The third kappa shape index (κ3) is 5.22. The van der Waals surface area contributed by atoms with Crippen molar-refractivity contribution in [2.45, 2.75) is 26.4 Å². The van der Waals surface area contributed by atoms with Crippen LogP contribution in [-0.4, -0.2) is 30.7 Å². The van der Waals surface area contributed by atoms with E-state index in [0.29, 0.717) is 16.9 Å². The van der Waals surface area contributed by atoms with Crippen molar-refractivity contribution in [3.8, 4) is 11.5 Å². The lowest BCUT2D eigenvalue weighted by Crippen LogP contribution is -2.26. The Balaban J connectivity index is 1.82. The van der Waals surface area contributed by atoms with Gasteiger partial charge in [-0.15, -0.1) is 0 Å². The molecular weight excluding hydrogens is 374 g/mol. The van der Waals surface area contributed by atoms with Gasteiger partial charge in [0.25, 0.3) is 0 Å². The highest BCUT2D eigenvalue weighted by atomic mass is 16.7. The van der Waals surface area contributed by atoms with E-state index in [2.05, 4.69) is 4.99 Å². The quantitative estimate of drug-likeness (QED) is 0.435. The Bertz CT molecular complexity index is 986. The van der Waals surface area contributed by atoms with Crippen LogP contribution in [0, 0.1) is 0 Å². The molecule has 0 radical (unpaired) electrons. The average Bonchev–Trinajstić information content (AvgIpc) is 3.02. The second-order valence-corrected chi connectivity index (χ2v) is 7.18. The van der Waals surface area contributed by atoms with Gasteiger partial charge in [-0.3, -0.25) is 0 Å². The van der Waals surface area contributed by atoms with Gasteiger partial charge in [-0.05, 0) is 56.7 Å². The van der Waals surface area contributed by atoms with Crippen molar-refractivity contribution in [2.75, 3.05) is 7.11 Å². The zero-order chi connectivity index (χ0) is 21.0. The van der Waals surface area contributed by atoms with E-state index in [9.17, 15) is 9.59 Å². The highest BCUT2D eigenvalue weighted by molar-refractivity contribution is 6.12. The third-order valence-electron chi connectivity index (χ3n) is 3.72. The fourth-order valence-corrected chi connectivity index (χ4v) is 2.49. The summed E-state index contributed by atoms with van der Waals surface area (Å²) in [6, 6.07) is 14.0. The lowest BCUT2D eigenvalue weighted by atomic mass is 10.1. The number of carbonyl (C=O) groups excluding carboxylic acids is 2. The topological polar surface area (TPSA) is 83.4 Å². The summed E-state index contributed by atoms with van der Waals surface area (Å²) in [5, 5.41) is 0. The molecule has 0 amide bonds. The van der Waals surface area contributed by atoms with Crippen LogP contribution in [0.25, 0.3) is 6.08 Å². The van der Waals surface area contributed by atoms with Crippen molar-refractivity contribution in [3.63, 3.8) is 0 Å². The van der Waals surface area contributed by atoms with Gasteiger partial charge in [-0.2, -0.15) is 0 Å². The van der Waals surface area contributed by atoms with E-state index in [4.69, 9.17) is 18.9 Å². The van der Waals surface area contributed by atoms with Crippen molar-refractivity contribution in [1.82, 2.24) is 0 Å². The first-order chi connectivity index (χ1) is 13.7. The summed E-state index contributed by atoms with van der Waals surface area (Å²) < 4.78 is 20.9. The molecule has 0 spiro atoms. The number of esters is 1. The predicted octanol–water partition coefficient (Wildman–Crippen LogP) is 4.35. The van der Waals surface area contributed by atoms with Crippen LogP contribution in [0.3, 0.4) is 0 Å². The molecule has 0 unspecified atom stereocenters.